The number of ether oxygens (including phenoxy) is 2. The van der Waals surface area contributed by atoms with E-state index in [0.717, 1.165) is 38.7 Å². The Hall–Kier alpha value is -1.57. The van der Waals surface area contributed by atoms with E-state index in [0.29, 0.717) is 6.42 Å². The number of hydrogen-bond acceptors (Lipinski definition) is 5. The third kappa shape index (κ3) is 3.68. The first kappa shape index (κ1) is 18.2. The van der Waals surface area contributed by atoms with Gasteiger partial charge in [0.05, 0.1) is 24.0 Å². The molecule has 1 aromatic heterocycles. The van der Waals surface area contributed by atoms with E-state index in [-0.39, 0.29) is 6.04 Å². The number of methoxy groups -OCH3 is 2. The molecular weight excluding hydrogens is 406 g/mol. The molecule has 0 bridgehead atoms. The number of likely N-dealkylation sites (tertiary alicyclic amines) is 1. The van der Waals surface area contributed by atoms with Crippen LogP contribution in [0, 0.1) is 0 Å². The first-order chi connectivity index (χ1) is 12.0. The summed E-state index contributed by atoms with van der Waals surface area (Å²) < 4.78 is 12.0. The van der Waals surface area contributed by atoms with Gasteiger partial charge in [-0.1, -0.05) is 0 Å². The standard InChI is InChI=1S/C18H20BrNO4S/c1-23-11-5-6-14(24-2)12(10-11)17(15-7-8-16(19)25-15)20-9-3-4-13(20)18(21)22/h5-8,10,13,17H,3-4,9H2,1-2H3,(H,21,22). The fraction of sp³-hybridized carbons (Fsp3) is 0.389. The highest BCUT2D eigenvalue weighted by atomic mass is 79.9. The maximum absolute atomic E-state index is 11.8. The van der Waals surface area contributed by atoms with Crippen LogP contribution in [0.3, 0.4) is 0 Å². The molecule has 3 rings (SSSR count). The van der Waals surface area contributed by atoms with Crippen LogP contribution < -0.4 is 9.47 Å². The molecule has 1 saturated heterocycles. The van der Waals surface area contributed by atoms with Crippen molar-refractivity contribution in [3.63, 3.8) is 0 Å². The van der Waals surface area contributed by atoms with Gasteiger partial charge in [-0.2, -0.15) is 0 Å². The number of aliphatic carboxylic acids is 1. The van der Waals surface area contributed by atoms with Gasteiger partial charge in [-0.15, -0.1) is 11.3 Å². The van der Waals surface area contributed by atoms with Crippen LogP contribution >= 0.6 is 27.3 Å². The molecule has 2 unspecified atom stereocenters. The number of carboxylic acids is 1. The number of halogens is 1. The maximum Gasteiger partial charge on any atom is 0.320 e. The average Bonchev–Trinajstić information content (AvgIpc) is 3.25. The van der Waals surface area contributed by atoms with Crippen molar-refractivity contribution >= 4 is 33.2 Å². The van der Waals surface area contributed by atoms with Crippen LogP contribution in [0.25, 0.3) is 0 Å². The minimum atomic E-state index is -0.778. The van der Waals surface area contributed by atoms with Crippen molar-refractivity contribution in [1.82, 2.24) is 4.90 Å². The molecule has 0 saturated carbocycles. The number of carbonyl (C=O) groups is 1. The van der Waals surface area contributed by atoms with Gasteiger partial charge in [0.1, 0.15) is 17.5 Å². The Morgan fingerprint density at radius 1 is 1.32 bits per heavy atom. The van der Waals surface area contributed by atoms with Gasteiger partial charge in [-0.05, 0) is 59.1 Å². The Labute approximate surface area is 159 Å². The third-order valence-corrected chi connectivity index (χ3v) is 6.18. The van der Waals surface area contributed by atoms with Crippen molar-refractivity contribution in [2.75, 3.05) is 20.8 Å². The smallest absolute Gasteiger partial charge is 0.320 e. The van der Waals surface area contributed by atoms with E-state index in [1.54, 1.807) is 25.6 Å². The van der Waals surface area contributed by atoms with Crippen LogP contribution in [0.5, 0.6) is 11.5 Å². The molecular formula is C18H20BrNO4S. The molecule has 0 aliphatic carbocycles. The number of thiophene rings is 1. The number of benzene rings is 1. The van der Waals surface area contributed by atoms with E-state index < -0.39 is 12.0 Å². The fourth-order valence-electron chi connectivity index (χ4n) is 3.39. The lowest BCUT2D eigenvalue weighted by molar-refractivity contribution is -0.142. The second kappa shape index (κ2) is 7.76. The number of nitrogens with zero attached hydrogens (tertiary/aromatic N) is 1. The van der Waals surface area contributed by atoms with E-state index in [1.807, 2.05) is 30.3 Å². The van der Waals surface area contributed by atoms with E-state index in [4.69, 9.17) is 9.47 Å². The van der Waals surface area contributed by atoms with Gasteiger partial charge in [0.25, 0.3) is 0 Å². The SMILES string of the molecule is COc1ccc(OC)c(C(c2ccc(Br)s2)N2CCCC2C(=O)O)c1. The van der Waals surface area contributed by atoms with Crippen molar-refractivity contribution < 1.29 is 19.4 Å². The Morgan fingerprint density at radius 3 is 2.72 bits per heavy atom. The minimum Gasteiger partial charge on any atom is -0.497 e. The topological polar surface area (TPSA) is 59.0 Å². The molecule has 0 radical (unpaired) electrons. The van der Waals surface area contributed by atoms with Crippen LogP contribution in [0.1, 0.15) is 29.3 Å². The molecule has 2 atom stereocenters. The van der Waals surface area contributed by atoms with Gasteiger partial charge in [0.2, 0.25) is 0 Å². The summed E-state index contributed by atoms with van der Waals surface area (Å²) in [5, 5.41) is 9.66. The van der Waals surface area contributed by atoms with Crippen molar-refractivity contribution in [2.24, 2.45) is 0 Å². The molecule has 1 aromatic carbocycles. The Morgan fingerprint density at radius 2 is 2.12 bits per heavy atom. The van der Waals surface area contributed by atoms with Gasteiger partial charge in [-0.3, -0.25) is 9.69 Å². The highest BCUT2D eigenvalue weighted by Gasteiger charge is 2.38. The van der Waals surface area contributed by atoms with Crippen molar-refractivity contribution in [2.45, 2.75) is 24.9 Å². The van der Waals surface area contributed by atoms with Crippen LogP contribution in [-0.4, -0.2) is 42.8 Å². The quantitative estimate of drug-likeness (QED) is 0.752. The molecule has 1 fully saturated rings. The summed E-state index contributed by atoms with van der Waals surface area (Å²) in [7, 11) is 3.25. The fourth-order valence-corrected chi connectivity index (χ4v) is 4.95. The first-order valence-corrected chi connectivity index (χ1v) is 9.61. The van der Waals surface area contributed by atoms with Gasteiger partial charge < -0.3 is 14.6 Å². The Balaban J connectivity index is 2.13. The molecule has 134 valence electrons. The summed E-state index contributed by atoms with van der Waals surface area (Å²) in [5.41, 5.74) is 0.921. The first-order valence-electron chi connectivity index (χ1n) is 8.01. The predicted molar refractivity (Wildman–Crippen MR) is 101 cm³/mol. The van der Waals surface area contributed by atoms with Crippen LogP contribution in [0.4, 0.5) is 0 Å². The lowest BCUT2D eigenvalue weighted by Gasteiger charge is -2.32. The Bertz CT molecular complexity index is 763. The van der Waals surface area contributed by atoms with Gasteiger partial charge in [0.15, 0.2) is 0 Å². The van der Waals surface area contributed by atoms with Gasteiger partial charge in [-0.25, -0.2) is 0 Å². The average molecular weight is 426 g/mol. The zero-order valence-electron chi connectivity index (χ0n) is 14.1. The maximum atomic E-state index is 11.8. The molecule has 1 N–H and O–H groups in total. The van der Waals surface area contributed by atoms with E-state index in [2.05, 4.69) is 20.8 Å². The lowest BCUT2D eigenvalue weighted by Crippen LogP contribution is -2.39. The minimum absolute atomic E-state index is 0.190. The summed E-state index contributed by atoms with van der Waals surface area (Å²) in [6, 6.07) is 9.00. The summed E-state index contributed by atoms with van der Waals surface area (Å²) in [6.45, 7) is 0.734. The van der Waals surface area contributed by atoms with Crippen molar-refractivity contribution in [3.05, 3.63) is 44.6 Å². The van der Waals surface area contributed by atoms with E-state index >= 15 is 0 Å². The van der Waals surface area contributed by atoms with Gasteiger partial charge in [0, 0.05) is 17.0 Å². The largest absolute Gasteiger partial charge is 0.497 e. The second-order valence-electron chi connectivity index (χ2n) is 5.89. The molecule has 2 heterocycles. The van der Waals surface area contributed by atoms with Crippen molar-refractivity contribution in [3.8, 4) is 11.5 Å². The molecule has 2 aromatic rings. The molecule has 1 aliphatic heterocycles. The highest BCUT2D eigenvalue weighted by molar-refractivity contribution is 9.11. The molecule has 0 spiro atoms. The molecule has 7 heteroatoms. The zero-order valence-corrected chi connectivity index (χ0v) is 16.5. The lowest BCUT2D eigenvalue weighted by atomic mass is 10.0. The number of carboxylic acid groups (broad SMARTS) is 1. The summed E-state index contributed by atoms with van der Waals surface area (Å²) >= 11 is 5.13. The normalized spacial score (nSPS) is 18.9. The van der Waals surface area contributed by atoms with E-state index in [9.17, 15) is 9.90 Å². The summed E-state index contributed by atoms with van der Waals surface area (Å²) in [5.74, 6) is 0.675. The van der Waals surface area contributed by atoms with Gasteiger partial charge >= 0.3 is 5.97 Å². The molecule has 1 aliphatic rings. The summed E-state index contributed by atoms with van der Waals surface area (Å²) in [4.78, 5) is 14.9. The van der Waals surface area contributed by atoms with Crippen LogP contribution in [-0.2, 0) is 4.79 Å². The van der Waals surface area contributed by atoms with E-state index in [1.165, 1.54) is 0 Å². The number of hydrogen-bond donors (Lipinski definition) is 1. The third-order valence-electron chi connectivity index (χ3n) is 4.51. The summed E-state index contributed by atoms with van der Waals surface area (Å²) in [6.07, 6.45) is 1.52. The van der Waals surface area contributed by atoms with Crippen molar-refractivity contribution in [1.29, 1.82) is 0 Å². The molecule has 5 nitrogen and oxygen atoms in total. The number of rotatable bonds is 6. The second-order valence-corrected chi connectivity index (χ2v) is 8.38. The highest BCUT2D eigenvalue weighted by Crippen LogP contribution is 2.43. The van der Waals surface area contributed by atoms with Crippen LogP contribution in [0.15, 0.2) is 34.1 Å². The predicted octanol–water partition coefficient (Wildman–Crippen LogP) is 4.17. The monoisotopic (exact) mass is 425 g/mol. The Kier molecular flexibility index (Phi) is 5.66. The molecule has 0 amide bonds. The van der Waals surface area contributed by atoms with Crippen LogP contribution in [0.2, 0.25) is 0 Å². The molecule has 25 heavy (non-hydrogen) atoms. The zero-order chi connectivity index (χ0) is 18.0.